The van der Waals surface area contributed by atoms with Crippen molar-refractivity contribution in [3.05, 3.63) is 22.9 Å². The minimum absolute atomic E-state index is 0.302. The van der Waals surface area contributed by atoms with Gasteiger partial charge >= 0.3 is 0 Å². The van der Waals surface area contributed by atoms with E-state index in [1.54, 1.807) is 12.4 Å². The van der Waals surface area contributed by atoms with Gasteiger partial charge in [-0.1, -0.05) is 13.8 Å². The Morgan fingerprint density at radius 1 is 1.38 bits per heavy atom. The van der Waals surface area contributed by atoms with Crippen molar-refractivity contribution >= 4 is 15.9 Å². The quantitative estimate of drug-likeness (QED) is 0.809. The Morgan fingerprint density at radius 2 is 2.08 bits per heavy atom. The van der Waals surface area contributed by atoms with Crippen LogP contribution in [0.5, 0.6) is 5.75 Å². The molecule has 0 saturated carbocycles. The summed E-state index contributed by atoms with van der Waals surface area (Å²) in [5, 5.41) is 0. The Kier molecular flexibility index (Phi) is 4.22. The summed E-state index contributed by atoms with van der Waals surface area (Å²) in [6.45, 7) is 4.25. The van der Waals surface area contributed by atoms with Crippen molar-refractivity contribution in [1.82, 2.24) is 4.98 Å². The molecule has 3 heteroatoms. The van der Waals surface area contributed by atoms with E-state index in [1.165, 1.54) is 0 Å². The third-order valence-electron chi connectivity index (χ3n) is 1.89. The molecule has 0 aliphatic heterocycles. The Bertz CT molecular complexity index is 261. The van der Waals surface area contributed by atoms with Gasteiger partial charge in [0.25, 0.3) is 0 Å². The Hall–Kier alpha value is -0.570. The van der Waals surface area contributed by atoms with E-state index in [1.807, 2.05) is 6.07 Å². The van der Waals surface area contributed by atoms with Crippen LogP contribution in [-0.4, -0.2) is 11.1 Å². The number of nitrogens with zero attached hydrogens (tertiary/aromatic N) is 1. The van der Waals surface area contributed by atoms with E-state index in [0.29, 0.717) is 6.10 Å². The van der Waals surface area contributed by atoms with Crippen molar-refractivity contribution in [3.63, 3.8) is 0 Å². The Morgan fingerprint density at radius 3 is 2.62 bits per heavy atom. The second-order valence-corrected chi connectivity index (χ2v) is 3.81. The van der Waals surface area contributed by atoms with Gasteiger partial charge < -0.3 is 4.74 Å². The minimum Gasteiger partial charge on any atom is -0.489 e. The molecule has 1 aromatic rings. The maximum Gasteiger partial charge on any atom is 0.139 e. The fourth-order valence-corrected chi connectivity index (χ4v) is 1.45. The number of hydrogen-bond acceptors (Lipinski definition) is 2. The van der Waals surface area contributed by atoms with Gasteiger partial charge in [-0.25, -0.2) is 0 Å². The molecule has 0 bridgehead atoms. The first-order valence-electron chi connectivity index (χ1n) is 4.53. The average molecular weight is 244 g/mol. The Balaban J connectivity index is 2.62. The van der Waals surface area contributed by atoms with Crippen molar-refractivity contribution in [1.29, 1.82) is 0 Å². The van der Waals surface area contributed by atoms with E-state index in [4.69, 9.17) is 4.74 Å². The molecule has 0 aliphatic rings. The molecule has 1 heterocycles. The van der Waals surface area contributed by atoms with Crippen molar-refractivity contribution in [2.75, 3.05) is 0 Å². The van der Waals surface area contributed by atoms with E-state index in [-0.39, 0.29) is 0 Å². The molecular formula is C10H14BrNO. The van der Waals surface area contributed by atoms with E-state index >= 15 is 0 Å². The molecule has 2 nitrogen and oxygen atoms in total. The minimum atomic E-state index is 0.302. The molecule has 0 radical (unpaired) electrons. The zero-order chi connectivity index (χ0) is 9.68. The molecule has 0 spiro atoms. The number of ether oxygens (including phenoxy) is 1. The normalized spacial score (nSPS) is 10.5. The molecule has 0 amide bonds. The highest BCUT2D eigenvalue weighted by Gasteiger charge is 2.04. The molecule has 0 unspecified atom stereocenters. The average Bonchev–Trinajstić information content (AvgIpc) is 2.14. The summed E-state index contributed by atoms with van der Waals surface area (Å²) < 4.78 is 6.66. The van der Waals surface area contributed by atoms with E-state index in [9.17, 15) is 0 Å². The van der Waals surface area contributed by atoms with Gasteiger partial charge in [0.1, 0.15) is 5.75 Å². The van der Waals surface area contributed by atoms with Crippen LogP contribution in [0.1, 0.15) is 26.7 Å². The lowest BCUT2D eigenvalue weighted by Gasteiger charge is -2.14. The standard InChI is InChI=1S/C10H14BrNO/c1-3-9(4-2)13-10-5-8(11)6-12-7-10/h5-7,9H,3-4H2,1-2H3. The van der Waals surface area contributed by atoms with Crippen LogP contribution in [0.15, 0.2) is 22.9 Å². The highest BCUT2D eigenvalue weighted by atomic mass is 79.9. The van der Waals surface area contributed by atoms with E-state index < -0.39 is 0 Å². The van der Waals surface area contributed by atoms with Crippen molar-refractivity contribution in [3.8, 4) is 5.75 Å². The van der Waals surface area contributed by atoms with Crippen LogP contribution < -0.4 is 4.74 Å². The molecule has 0 saturated heterocycles. The van der Waals surface area contributed by atoms with E-state index in [0.717, 1.165) is 23.1 Å². The van der Waals surface area contributed by atoms with E-state index in [2.05, 4.69) is 34.8 Å². The summed E-state index contributed by atoms with van der Waals surface area (Å²) in [7, 11) is 0. The van der Waals surface area contributed by atoms with Crippen LogP contribution in [0.25, 0.3) is 0 Å². The van der Waals surface area contributed by atoms with Crippen LogP contribution in [0.2, 0.25) is 0 Å². The fraction of sp³-hybridized carbons (Fsp3) is 0.500. The summed E-state index contributed by atoms with van der Waals surface area (Å²) in [5.41, 5.74) is 0. The van der Waals surface area contributed by atoms with Crippen molar-refractivity contribution in [2.45, 2.75) is 32.8 Å². The zero-order valence-electron chi connectivity index (χ0n) is 7.96. The maximum absolute atomic E-state index is 5.70. The summed E-state index contributed by atoms with van der Waals surface area (Å²) in [4.78, 5) is 4.03. The molecule has 0 N–H and O–H groups in total. The van der Waals surface area contributed by atoms with Gasteiger partial charge in [-0.15, -0.1) is 0 Å². The van der Waals surface area contributed by atoms with Gasteiger partial charge in [0, 0.05) is 10.7 Å². The molecule has 0 aliphatic carbocycles. The number of pyridine rings is 1. The second-order valence-electron chi connectivity index (χ2n) is 2.90. The fourth-order valence-electron chi connectivity index (χ4n) is 1.10. The summed E-state index contributed by atoms with van der Waals surface area (Å²) in [6, 6.07) is 1.94. The van der Waals surface area contributed by atoms with Crippen LogP contribution >= 0.6 is 15.9 Å². The van der Waals surface area contributed by atoms with Gasteiger partial charge in [0.2, 0.25) is 0 Å². The van der Waals surface area contributed by atoms with Gasteiger partial charge in [-0.2, -0.15) is 0 Å². The predicted octanol–water partition coefficient (Wildman–Crippen LogP) is 3.41. The molecule has 1 rings (SSSR count). The highest BCUT2D eigenvalue weighted by Crippen LogP contribution is 2.18. The zero-order valence-corrected chi connectivity index (χ0v) is 9.54. The molecule has 0 aromatic carbocycles. The highest BCUT2D eigenvalue weighted by molar-refractivity contribution is 9.10. The molecule has 0 fully saturated rings. The van der Waals surface area contributed by atoms with Crippen LogP contribution in [0.3, 0.4) is 0 Å². The monoisotopic (exact) mass is 243 g/mol. The number of halogens is 1. The summed E-state index contributed by atoms with van der Waals surface area (Å²) in [6.07, 6.45) is 5.85. The van der Waals surface area contributed by atoms with Crippen molar-refractivity contribution < 1.29 is 4.74 Å². The number of hydrogen-bond donors (Lipinski definition) is 0. The summed E-state index contributed by atoms with van der Waals surface area (Å²) in [5.74, 6) is 0.836. The van der Waals surface area contributed by atoms with Crippen LogP contribution in [0, 0.1) is 0 Å². The van der Waals surface area contributed by atoms with Gasteiger partial charge in [0.05, 0.1) is 12.3 Å². The van der Waals surface area contributed by atoms with Gasteiger partial charge in [-0.3, -0.25) is 4.98 Å². The third kappa shape index (κ3) is 3.35. The number of rotatable bonds is 4. The molecule has 0 atom stereocenters. The largest absolute Gasteiger partial charge is 0.489 e. The molecule has 13 heavy (non-hydrogen) atoms. The second kappa shape index (κ2) is 5.22. The van der Waals surface area contributed by atoms with Crippen LogP contribution in [-0.2, 0) is 0 Å². The first-order chi connectivity index (χ1) is 6.26. The SMILES string of the molecule is CCC(CC)Oc1cncc(Br)c1. The first kappa shape index (κ1) is 10.5. The van der Waals surface area contributed by atoms with Gasteiger partial charge in [-0.05, 0) is 34.8 Å². The summed E-state index contributed by atoms with van der Waals surface area (Å²) >= 11 is 3.35. The lowest BCUT2D eigenvalue weighted by atomic mass is 10.2. The first-order valence-corrected chi connectivity index (χ1v) is 5.32. The van der Waals surface area contributed by atoms with Gasteiger partial charge in [0.15, 0.2) is 0 Å². The predicted molar refractivity (Wildman–Crippen MR) is 56.9 cm³/mol. The molecule has 1 aromatic heterocycles. The lowest BCUT2D eigenvalue weighted by Crippen LogP contribution is -2.13. The lowest BCUT2D eigenvalue weighted by molar-refractivity contribution is 0.192. The molecule has 72 valence electrons. The third-order valence-corrected chi connectivity index (χ3v) is 2.33. The Labute approximate surface area is 87.5 Å². The smallest absolute Gasteiger partial charge is 0.139 e. The maximum atomic E-state index is 5.70. The molecular weight excluding hydrogens is 230 g/mol. The topological polar surface area (TPSA) is 22.1 Å². The number of aromatic nitrogens is 1. The van der Waals surface area contributed by atoms with Crippen LogP contribution in [0.4, 0.5) is 0 Å². The van der Waals surface area contributed by atoms with Crippen molar-refractivity contribution in [2.24, 2.45) is 0 Å².